The van der Waals surface area contributed by atoms with Gasteiger partial charge >= 0.3 is 5.56 Å². The van der Waals surface area contributed by atoms with Crippen molar-refractivity contribution in [2.45, 2.75) is 19.8 Å². The van der Waals surface area contributed by atoms with Crippen molar-refractivity contribution >= 4 is 0 Å². The van der Waals surface area contributed by atoms with Crippen LogP contribution in [0.25, 0.3) is 0 Å². The van der Waals surface area contributed by atoms with Gasteiger partial charge in [0.05, 0.1) is 0 Å². The van der Waals surface area contributed by atoms with E-state index in [0.717, 1.165) is 13.0 Å². The van der Waals surface area contributed by atoms with E-state index in [1.807, 2.05) is 5.10 Å². The van der Waals surface area contributed by atoms with Crippen molar-refractivity contribution in [3.8, 4) is 0 Å². The quantitative estimate of drug-likeness (QED) is 0.515. The molecular formula is C13H10F4N2O2. The number of aryl methyl sites for hydroxylation is 1. The fourth-order valence-electron chi connectivity index (χ4n) is 1.86. The summed E-state index contributed by atoms with van der Waals surface area (Å²) in [4.78, 5) is 22.0. The Morgan fingerprint density at radius 1 is 0.905 bits per heavy atom. The maximum absolute atomic E-state index is 13.6. The van der Waals surface area contributed by atoms with Gasteiger partial charge in [-0.05, 0) is 19.8 Å². The summed E-state index contributed by atoms with van der Waals surface area (Å²) in [7, 11) is 0. The lowest BCUT2D eigenvalue weighted by atomic mass is 10.0. The average Bonchev–Trinajstić information content (AvgIpc) is 2.46. The lowest BCUT2D eigenvalue weighted by Crippen LogP contribution is -2.27. The second-order valence-corrected chi connectivity index (χ2v) is 4.47. The predicted octanol–water partition coefficient (Wildman–Crippen LogP) is 1.71. The van der Waals surface area contributed by atoms with E-state index in [2.05, 4.69) is 5.10 Å². The number of aromatic amines is 2. The number of rotatable bonds is 3. The molecule has 0 bridgehead atoms. The zero-order valence-corrected chi connectivity index (χ0v) is 10.8. The molecular weight excluding hydrogens is 292 g/mol. The van der Waals surface area contributed by atoms with Crippen molar-refractivity contribution < 1.29 is 17.6 Å². The average molecular weight is 302 g/mol. The molecule has 0 spiro atoms. The molecule has 2 aromatic rings. The van der Waals surface area contributed by atoms with Crippen molar-refractivity contribution in [3.05, 3.63) is 66.7 Å². The minimum atomic E-state index is -1.46. The van der Waals surface area contributed by atoms with Crippen LogP contribution in [-0.2, 0) is 12.8 Å². The van der Waals surface area contributed by atoms with Crippen molar-refractivity contribution in [1.29, 1.82) is 0 Å². The number of hydrogen-bond donors (Lipinski definition) is 2. The highest BCUT2D eigenvalue weighted by Gasteiger charge is 2.22. The molecule has 2 N–H and O–H groups in total. The summed E-state index contributed by atoms with van der Waals surface area (Å²) in [6, 6.07) is 0.954. The number of aromatic nitrogens is 2. The number of H-pyrrole nitrogens is 2. The highest BCUT2D eigenvalue weighted by molar-refractivity contribution is 5.29. The van der Waals surface area contributed by atoms with E-state index >= 15 is 0 Å². The molecule has 2 rings (SSSR count). The highest BCUT2D eigenvalue weighted by atomic mass is 19.2. The molecule has 21 heavy (non-hydrogen) atoms. The molecule has 1 heterocycles. The zero-order valence-electron chi connectivity index (χ0n) is 10.8. The second kappa shape index (κ2) is 5.55. The maximum Gasteiger partial charge on any atom is 0.310 e. The van der Waals surface area contributed by atoms with Crippen molar-refractivity contribution in [3.63, 3.8) is 0 Å². The molecule has 0 saturated carbocycles. The summed E-state index contributed by atoms with van der Waals surface area (Å²) < 4.78 is 54.1. The molecule has 8 heteroatoms. The van der Waals surface area contributed by atoms with Crippen molar-refractivity contribution in [1.82, 2.24) is 10.2 Å². The molecule has 0 amide bonds. The van der Waals surface area contributed by atoms with Gasteiger partial charge in [0.15, 0.2) is 23.3 Å². The van der Waals surface area contributed by atoms with Crippen LogP contribution < -0.4 is 11.0 Å². The number of halogens is 4. The fourth-order valence-corrected chi connectivity index (χ4v) is 1.86. The fraction of sp³-hybridized carbons (Fsp3) is 0.231. The Hall–Kier alpha value is -2.38. The van der Waals surface area contributed by atoms with Crippen LogP contribution in [-0.4, -0.2) is 10.2 Å². The van der Waals surface area contributed by atoms with E-state index in [0.29, 0.717) is 0 Å². The standard InChI is InChI=1S/C13H10F4N2O2/c1-5-9(14)11(16)7(12(17)10(5)15)3-2-6-4-8(20)13(21)19-18-6/h4H,2-3H2,1H3,(H,18,20)(H,19,21). The number of hydrogen-bond acceptors (Lipinski definition) is 2. The third-order valence-corrected chi connectivity index (χ3v) is 3.08. The van der Waals surface area contributed by atoms with E-state index in [9.17, 15) is 27.2 Å². The Kier molecular flexibility index (Phi) is 3.97. The van der Waals surface area contributed by atoms with Crippen LogP contribution in [0.15, 0.2) is 15.7 Å². The van der Waals surface area contributed by atoms with Crippen LogP contribution >= 0.6 is 0 Å². The van der Waals surface area contributed by atoms with Gasteiger partial charge in [0, 0.05) is 22.9 Å². The Balaban J connectivity index is 2.34. The van der Waals surface area contributed by atoms with Crippen molar-refractivity contribution in [2.75, 3.05) is 0 Å². The molecule has 0 fully saturated rings. The third kappa shape index (κ3) is 2.74. The lowest BCUT2D eigenvalue weighted by molar-refractivity contribution is 0.430. The van der Waals surface area contributed by atoms with Gasteiger partial charge in [0.2, 0.25) is 5.43 Å². The molecule has 1 aromatic carbocycles. The molecule has 0 unspecified atom stereocenters. The predicted molar refractivity (Wildman–Crippen MR) is 66.1 cm³/mol. The van der Waals surface area contributed by atoms with Gasteiger partial charge in [-0.15, -0.1) is 0 Å². The second-order valence-electron chi connectivity index (χ2n) is 4.47. The van der Waals surface area contributed by atoms with Crippen LogP contribution in [0.3, 0.4) is 0 Å². The molecule has 4 nitrogen and oxygen atoms in total. The van der Waals surface area contributed by atoms with Gasteiger partial charge in [-0.25, -0.2) is 17.6 Å². The van der Waals surface area contributed by atoms with Crippen LogP contribution in [0.2, 0.25) is 0 Å². The van der Waals surface area contributed by atoms with Crippen LogP contribution in [0.4, 0.5) is 17.6 Å². The SMILES string of the molecule is Cc1c(F)c(F)c(CCc2cc(=O)c(=O)[nH][nH]2)c(F)c1F. The van der Waals surface area contributed by atoms with Gasteiger partial charge in [-0.2, -0.15) is 0 Å². The van der Waals surface area contributed by atoms with Gasteiger partial charge in [-0.1, -0.05) is 0 Å². The van der Waals surface area contributed by atoms with Crippen LogP contribution in [0, 0.1) is 30.2 Å². The molecule has 112 valence electrons. The van der Waals surface area contributed by atoms with Gasteiger partial charge in [-0.3, -0.25) is 14.7 Å². The molecule has 0 atom stereocenters. The van der Waals surface area contributed by atoms with Gasteiger partial charge < -0.3 is 5.10 Å². The number of nitrogens with one attached hydrogen (secondary N) is 2. The summed E-state index contributed by atoms with van der Waals surface area (Å²) in [5.41, 5.74) is -3.00. The molecule has 0 saturated heterocycles. The first-order chi connectivity index (χ1) is 9.82. The van der Waals surface area contributed by atoms with Crippen LogP contribution in [0.1, 0.15) is 16.8 Å². The third-order valence-electron chi connectivity index (χ3n) is 3.08. The summed E-state index contributed by atoms with van der Waals surface area (Å²) >= 11 is 0. The Labute approximate surface area is 115 Å². The molecule has 0 aliphatic rings. The first-order valence-corrected chi connectivity index (χ1v) is 5.95. The van der Waals surface area contributed by atoms with E-state index in [-0.39, 0.29) is 18.5 Å². The smallest absolute Gasteiger partial charge is 0.302 e. The lowest BCUT2D eigenvalue weighted by Gasteiger charge is -2.09. The van der Waals surface area contributed by atoms with E-state index < -0.39 is 45.4 Å². The first-order valence-electron chi connectivity index (χ1n) is 5.95. The minimum Gasteiger partial charge on any atom is -0.302 e. The summed E-state index contributed by atoms with van der Waals surface area (Å²) in [5.74, 6) is -5.81. The maximum atomic E-state index is 13.6. The summed E-state index contributed by atoms with van der Waals surface area (Å²) in [6.07, 6.45) is -0.491. The monoisotopic (exact) mass is 302 g/mol. The Morgan fingerprint density at radius 2 is 1.48 bits per heavy atom. The van der Waals surface area contributed by atoms with E-state index in [1.165, 1.54) is 0 Å². The van der Waals surface area contributed by atoms with Crippen LogP contribution in [0.5, 0.6) is 0 Å². The van der Waals surface area contributed by atoms with E-state index in [1.54, 1.807) is 0 Å². The molecule has 0 radical (unpaired) electrons. The van der Waals surface area contributed by atoms with E-state index in [4.69, 9.17) is 0 Å². The normalized spacial score (nSPS) is 10.9. The molecule has 0 aliphatic carbocycles. The highest BCUT2D eigenvalue weighted by Crippen LogP contribution is 2.24. The topological polar surface area (TPSA) is 65.7 Å². The largest absolute Gasteiger partial charge is 0.310 e. The molecule has 1 aromatic heterocycles. The molecule has 0 aliphatic heterocycles. The van der Waals surface area contributed by atoms with Crippen molar-refractivity contribution in [2.24, 2.45) is 0 Å². The van der Waals surface area contributed by atoms with Gasteiger partial charge in [0.25, 0.3) is 0 Å². The zero-order chi connectivity index (χ0) is 15.7. The Morgan fingerprint density at radius 3 is 2.00 bits per heavy atom. The summed E-state index contributed by atoms with van der Waals surface area (Å²) in [5, 5.41) is 4.39. The minimum absolute atomic E-state index is 0.109. The first kappa shape index (κ1) is 15.0. The summed E-state index contributed by atoms with van der Waals surface area (Å²) in [6.45, 7) is 0.931. The number of benzene rings is 1. The Bertz CT molecular complexity index is 782. The van der Waals surface area contributed by atoms with Gasteiger partial charge in [0.1, 0.15) is 0 Å².